The summed E-state index contributed by atoms with van der Waals surface area (Å²) < 4.78 is 2.05. The molecule has 0 saturated carbocycles. The van der Waals surface area contributed by atoms with Crippen LogP contribution in [0.3, 0.4) is 0 Å². The minimum atomic E-state index is -1.04. The lowest BCUT2D eigenvalue weighted by atomic mass is 10.2. The van der Waals surface area contributed by atoms with E-state index in [1.54, 1.807) is 7.05 Å². The van der Waals surface area contributed by atoms with E-state index in [1.165, 1.54) is 11.1 Å². The maximum atomic E-state index is 12.2. The first-order valence-corrected chi connectivity index (χ1v) is 6.87. The van der Waals surface area contributed by atoms with Crippen LogP contribution in [0.2, 0.25) is 0 Å². The highest BCUT2D eigenvalue weighted by Crippen LogP contribution is 2.13. The molecule has 0 saturated heterocycles. The first-order valence-electron chi connectivity index (χ1n) is 6.07. The molecule has 1 aromatic heterocycles. The molecule has 0 atom stereocenters. The second-order valence-corrected chi connectivity index (χ2v) is 5.40. The monoisotopic (exact) mass is 352 g/mol. The van der Waals surface area contributed by atoms with Crippen molar-refractivity contribution < 1.29 is 14.7 Å². The topological polar surface area (TPSA) is 88.3 Å². The highest BCUT2D eigenvalue weighted by molar-refractivity contribution is 9.10. The fourth-order valence-electron chi connectivity index (χ4n) is 1.79. The summed E-state index contributed by atoms with van der Waals surface area (Å²) in [4.78, 5) is 24.2. The van der Waals surface area contributed by atoms with E-state index in [2.05, 4.69) is 26.2 Å². The molecule has 2 aromatic rings. The average Bonchev–Trinajstić information content (AvgIpc) is 2.85. The van der Waals surface area contributed by atoms with Crippen molar-refractivity contribution in [3.05, 3.63) is 46.2 Å². The number of nitrogens with zero attached hydrogens (tertiary/aromatic N) is 4. The SMILES string of the molecule is CN(Cc1cccc(Br)c1)C(=O)c1cn(CC(=O)O)nn1. The number of carbonyl (C=O) groups excluding carboxylic acids is 1. The van der Waals surface area contributed by atoms with Crippen molar-refractivity contribution in [1.82, 2.24) is 19.9 Å². The number of hydrogen-bond donors (Lipinski definition) is 1. The molecule has 2 rings (SSSR count). The Labute approximate surface area is 129 Å². The minimum Gasteiger partial charge on any atom is -0.480 e. The van der Waals surface area contributed by atoms with E-state index < -0.39 is 5.97 Å². The molecule has 7 nitrogen and oxygen atoms in total. The van der Waals surface area contributed by atoms with Crippen molar-refractivity contribution in [2.45, 2.75) is 13.1 Å². The highest BCUT2D eigenvalue weighted by atomic mass is 79.9. The van der Waals surface area contributed by atoms with Crippen molar-refractivity contribution in [2.24, 2.45) is 0 Å². The normalized spacial score (nSPS) is 10.4. The zero-order chi connectivity index (χ0) is 15.4. The molecule has 1 amide bonds. The van der Waals surface area contributed by atoms with Gasteiger partial charge in [0.1, 0.15) is 6.54 Å². The predicted octanol–water partition coefficient (Wildman–Crippen LogP) is 1.40. The van der Waals surface area contributed by atoms with Gasteiger partial charge in [0.05, 0.1) is 6.20 Å². The summed E-state index contributed by atoms with van der Waals surface area (Å²) in [6.07, 6.45) is 1.33. The van der Waals surface area contributed by atoms with E-state index in [-0.39, 0.29) is 18.1 Å². The number of benzene rings is 1. The lowest BCUT2D eigenvalue weighted by Crippen LogP contribution is -2.26. The van der Waals surface area contributed by atoms with Crippen LogP contribution in [0.1, 0.15) is 16.1 Å². The lowest BCUT2D eigenvalue weighted by molar-refractivity contribution is -0.137. The van der Waals surface area contributed by atoms with Crippen LogP contribution < -0.4 is 0 Å². The number of carbonyl (C=O) groups is 2. The van der Waals surface area contributed by atoms with Crippen LogP contribution in [0.25, 0.3) is 0 Å². The van der Waals surface area contributed by atoms with Gasteiger partial charge >= 0.3 is 5.97 Å². The standard InChI is InChI=1S/C13H13BrN4O3/c1-17(6-9-3-2-4-10(14)5-9)13(21)11-7-18(16-15-11)8-12(19)20/h2-5,7H,6,8H2,1H3,(H,19,20). The van der Waals surface area contributed by atoms with E-state index in [0.717, 1.165) is 14.7 Å². The molecule has 1 heterocycles. The van der Waals surface area contributed by atoms with Crippen LogP contribution in [-0.2, 0) is 17.9 Å². The van der Waals surface area contributed by atoms with Crippen molar-refractivity contribution >= 4 is 27.8 Å². The maximum absolute atomic E-state index is 12.2. The van der Waals surface area contributed by atoms with Crippen molar-refractivity contribution in [3.8, 4) is 0 Å². The predicted molar refractivity (Wildman–Crippen MR) is 77.6 cm³/mol. The Bertz CT molecular complexity index is 671. The largest absolute Gasteiger partial charge is 0.480 e. The number of carboxylic acid groups (broad SMARTS) is 1. The molecule has 0 aliphatic heterocycles. The molecule has 110 valence electrons. The number of rotatable bonds is 5. The van der Waals surface area contributed by atoms with Gasteiger partial charge in [-0.25, -0.2) is 4.68 Å². The number of aliphatic carboxylic acids is 1. The Morgan fingerprint density at radius 1 is 1.43 bits per heavy atom. The van der Waals surface area contributed by atoms with E-state index in [1.807, 2.05) is 24.3 Å². The first kappa shape index (κ1) is 15.2. The van der Waals surface area contributed by atoms with Crippen LogP contribution in [0, 0.1) is 0 Å². The Morgan fingerprint density at radius 2 is 2.19 bits per heavy atom. The molecule has 0 bridgehead atoms. The van der Waals surface area contributed by atoms with Gasteiger partial charge in [0.15, 0.2) is 5.69 Å². The van der Waals surface area contributed by atoms with Gasteiger partial charge in [-0.2, -0.15) is 0 Å². The fraction of sp³-hybridized carbons (Fsp3) is 0.231. The number of hydrogen-bond acceptors (Lipinski definition) is 4. The van der Waals surface area contributed by atoms with Gasteiger partial charge in [-0.3, -0.25) is 9.59 Å². The Kier molecular flexibility index (Phi) is 4.69. The van der Waals surface area contributed by atoms with Gasteiger partial charge in [-0.1, -0.05) is 33.3 Å². The molecule has 0 aliphatic carbocycles. The second-order valence-electron chi connectivity index (χ2n) is 4.49. The zero-order valence-corrected chi connectivity index (χ0v) is 12.8. The van der Waals surface area contributed by atoms with Crippen LogP contribution in [0.4, 0.5) is 0 Å². The van der Waals surface area contributed by atoms with Gasteiger partial charge in [-0.05, 0) is 17.7 Å². The third kappa shape index (κ3) is 4.12. The Balaban J connectivity index is 2.05. The quantitative estimate of drug-likeness (QED) is 0.878. The van der Waals surface area contributed by atoms with Gasteiger partial charge in [-0.15, -0.1) is 5.10 Å². The molecule has 0 radical (unpaired) electrons. The van der Waals surface area contributed by atoms with Gasteiger partial charge in [0.25, 0.3) is 5.91 Å². The molecule has 0 fully saturated rings. The summed E-state index contributed by atoms with van der Waals surface area (Å²) in [6, 6.07) is 7.63. The molecule has 0 aliphatic rings. The van der Waals surface area contributed by atoms with Gasteiger partial charge in [0, 0.05) is 18.1 Å². The number of carboxylic acids is 1. The van der Waals surface area contributed by atoms with E-state index in [9.17, 15) is 9.59 Å². The molecular formula is C13H13BrN4O3. The Hall–Kier alpha value is -2.22. The summed E-state index contributed by atoms with van der Waals surface area (Å²) in [7, 11) is 1.65. The van der Waals surface area contributed by atoms with Gasteiger partial charge in [0.2, 0.25) is 0 Å². The van der Waals surface area contributed by atoms with Crippen molar-refractivity contribution in [1.29, 1.82) is 0 Å². The van der Waals surface area contributed by atoms with Crippen molar-refractivity contribution in [2.75, 3.05) is 7.05 Å². The average molecular weight is 353 g/mol. The molecule has 0 unspecified atom stereocenters. The smallest absolute Gasteiger partial charge is 0.325 e. The second kappa shape index (κ2) is 6.49. The Morgan fingerprint density at radius 3 is 2.86 bits per heavy atom. The molecule has 1 N–H and O–H groups in total. The van der Waals surface area contributed by atoms with E-state index >= 15 is 0 Å². The number of amides is 1. The third-order valence-electron chi connectivity index (χ3n) is 2.71. The summed E-state index contributed by atoms with van der Waals surface area (Å²) in [5.41, 5.74) is 1.09. The van der Waals surface area contributed by atoms with Crippen LogP contribution in [0.15, 0.2) is 34.9 Å². The van der Waals surface area contributed by atoms with E-state index in [4.69, 9.17) is 5.11 Å². The number of halogens is 1. The maximum Gasteiger partial charge on any atom is 0.325 e. The highest BCUT2D eigenvalue weighted by Gasteiger charge is 2.16. The third-order valence-corrected chi connectivity index (χ3v) is 3.20. The van der Waals surface area contributed by atoms with Crippen LogP contribution in [-0.4, -0.2) is 43.9 Å². The van der Waals surface area contributed by atoms with Crippen LogP contribution in [0.5, 0.6) is 0 Å². The summed E-state index contributed by atoms with van der Waals surface area (Å²) >= 11 is 3.38. The van der Waals surface area contributed by atoms with Crippen molar-refractivity contribution in [3.63, 3.8) is 0 Å². The molecule has 8 heteroatoms. The molecule has 0 spiro atoms. The summed E-state index contributed by atoms with van der Waals surface area (Å²) in [5.74, 6) is -1.35. The van der Waals surface area contributed by atoms with Crippen LogP contribution >= 0.6 is 15.9 Å². The first-order chi connectivity index (χ1) is 9.95. The lowest BCUT2D eigenvalue weighted by Gasteiger charge is -2.15. The summed E-state index contributed by atoms with van der Waals surface area (Å²) in [5, 5.41) is 16.0. The summed E-state index contributed by atoms with van der Waals surface area (Å²) in [6.45, 7) is 0.0969. The minimum absolute atomic E-state index is 0.119. The molecule has 21 heavy (non-hydrogen) atoms. The number of aromatic nitrogens is 3. The van der Waals surface area contributed by atoms with Gasteiger partial charge < -0.3 is 10.0 Å². The molecule has 1 aromatic carbocycles. The molecular weight excluding hydrogens is 340 g/mol. The van der Waals surface area contributed by atoms with E-state index in [0.29, 0.717) is 6.54 Å². The fourth-order valence-corrected chi connectivity index (χ4v) is 2.24. The zero-order valence-electron chi connectivity index (χ0n) is 11.2.